The Hall–Kier alpha value is -1.05. The van der Waals surface area contributed by atoms with Gasteiger partial charge in [-0.3, -0.25) is 0 Å². The molecule has 52 valence electrons. The summed E-state index contributed by atoms with van der Waals surface area (Å²) in [6.07, 6.45) is 1.81. The summed E-state index contributed by atoms with van der Waals surface area (Å²) in [5, 5.41) is 3.25. The summed E-state index contributed by atoms with van der Waals surface area (Å²) < 4.78 is 0. The van der Waals surface area contributed by atoms with E-state index in [1.165, 1.54) is 5.56 Å². The molecule has 0 fully saturated rings. The van der Waals surface area contributed by atoms with Gasteiger partial charge in [0.15, 0.2) is 0 Å². The van der Waals surface area contributed by atoms with E-state index in [-0.39, 0.29) is 5.54 Å². The van der Waals surface area contributed by atoms with Crippen LogP contribution < -0.4 is 5.32 Å². The molecule has 1 aliphatic rings. The molecule has 2 nitrogen and oxygen atoms in total. The van der Waals surface area contributed by atoms with Crippen LogP contribution in [0.5, 0.6) is 0 Å². The van der Waals surface area contributed by atoms with Gasteiger partial charge in [0.2, 0.25) is 0 Å². The Bertz CT molecular complexity index is 266. The van der Waals surface area contributed by atoms with Gasteiger partial charge < -0.3 is 5.32 Å². The molecule has 0 atom stereocenters. The Morgan fingerprint density at radius 3 is 2.80 bits per heavy atom. The zero-order valence-corrected chi connectivity index (χ0v) is 6.18. The van der Waals surface area contributed by atoms with Gasteiger partial charge in [-0.05, 0) is 19.9 Å². The third-order valence-corrected chi connectivity index (χ3v) is 1.91. The number of rotatable bonds is 0. The SMILES string of the molecule is CC1(C)Nc2ncccc21. The van der Waals surface area contributed by atoms with Crippen molar-refractivity contribution >= 4 is 5.82 Å². The standard InChI is InChI=1S/C8H10N2/c1-8(2)6-4-3-5-9-7(6)10-8/h3-5H,1-2H3,(H,9,10). The molecule has 0 saturated carbocycles. The topological polar surface area (TPSA) is 24.9 Å². The number of hydrogen-bond donors (Lipinski definition) is 1. The second-order valence-electron chi connectivity index (χ2n) is 3.15. The van der Waals surface area contributed by atoms with E-state index in [2.05, 4.69) is 30.2 Å². The van der Waals surface area contributed by atoms with Crippen LogP contribution in [-0.4, -0.2) is 4.98 Å². The average molecular weight is 134 g/mol. The van der Waals surface area contributed by atoms with Crippen LogP contribution in [0.15, 0.2) is 18.3 Å². The fraction of sp³-hybridized carbons (Fsp3) is 0.375. The van der Waals surface area contributed by atoms with Gasteiger partial charge >= 0.3 is 0 Å². The summed E-state index contributed by atoms with van der Waals surface area (Å²) in [5.41, 5.74) is 1.46. The highest BCUT2D eigenvalue weighted by atomic mass is 15.1. The Labute approximate surface area is 60.3 Å². The van der Waals surface area contributed by atoms with Gasteiger partial charge in [0.25, 0.3) is 0 Å². The lowest BCUT2D eigenvalue weighted by Crippen LogP contribution is -2.38. The third-order valence-electron chi connectivity index (χ3n) is 1.91. The maximum absolute atomic E-state index is 4.15. The first-order valence-corrected chi connectivity index (χ1v) is 3.44. The minimum Gasteiger partial charge on any atom is -0.361 e. The van der Waals surface area contributed by atoms with E-state index in [4.69, 9.17) is 0 Å². The maximum Gasteiger partial charge on any atom is 0.132 e. The van der Waals surface area contributed by atoms with Gasteiger partial charge in [0, 0.05) is 11.8 Å². The van der Waals surface area contributed by atoms with E-state index in [9.17, 15) is 0 Å². The third kappa shape index (κ3) is 0.561. The molecular weight excluding hydrogens is 124 g/mol. The van der Waals surface area contributed by atoms with Crippen molar-refractivity contribution in [1.29, 1.82) is 0 Å². The molecule has 0 unspecified atom stereocenters. The fourth-order valence-electron chi connectivity index (χ4n) is 1.31. The quantitative estimate of drug-likeness (QED) is 0.584. The minimum atomic E-state index is 0.142. The van der Waals surface area contributed by atoms with Crippen molar-refractivity contribution in [1.82, 2.24) is 4.98 Å². The molecule has 1 N–H and O–H groups in total. The van der Waals surface area contributed by atoms with E-state index >= 15 is 0 Å². The highest BCUT2D eigenvalue weighted by molar-refractivity contribution is 5.60. The van der Waals surface area contributed by atoms with Gasteiger partial charge in [-0.15, -0.1) is 0 Å². The number of fused-ring (bicyclic) bond motifs is 1. The number of anilines is 1. The minimum absolute atomic E-state index is 0.142. The van der Waals surface area contributed by atoms with Crippen LogP contribution in [0.2, 0.25) is 0 Å². The smallest absolute Gasteiger partial charge is 0.132 e. The second kappa shape index (κ2) is 1.51. The molecule has 0 aliphatic carbocycles. The van der Waals surface area contributed by atoms with Crippen LogP contribution in [0.4, 0.5) is 5.82 Å². The first-order valence-electron chi connectivity index (χ1n) is 3.44. The first-order chi connectivity index (χ1) is 4.70. The number of aromatic nitrogens is 1. The molecule has 2 heteroatoms. The van der Waals surface area contributed by atoms with Gasteiger partial charge in [-0.2, -0.15) is 0 Å². The van der Waals surface area contributed by atoms with E-state index in [0.29, 0.717) is 0 Å². The summed E-state index contributed by atoms with van der Waals surface area (Å²) >= 11 is 0. The van der Waals surface area contributed by atoms with Crippen LogP contribution in [0.25, 0.3) is 0 Å². The number of hydrogen-bond acceptors (Lipinski definition) is 2. The second-order valence-corrected chi connectivity index (χ2v) is 3.15. The monoisotopic (exact) mass is 134 g/mol. The molecule has 0 radical (unpaired) electrons. The predicted molar refractivity (Wildman–Crippen MR) is 40.9 cm³/mol. The number of nitrogens with one attached hydrogen (secondary N) is 1. The summed E-state index contributed by atoms with van der Waals surface area (Å²) in [5.74, 6) is 1.03. The maximum atomic E-state index is 4.15. The highest BCUT2D eigenvalue weighted by Crippen LogP contribution is 2.38. The lowest BCUT2D eigenvalue weighted by atomic mass is 9.88. The predicted octanol–water partition coefficient (Wildman–Crippen LogP) is 1.74. The lowest BCUT2D eigenvalue weighted by molar-refractivity contribution is 0.555. The van der Waals surface area contributed by atoms with Crippen molar-refractivity contribution in [3.63, 3.8) is 0 Å². The largest absolute Gasteiger partial charge is 0.361 e. The van der Waals surface area contributed by atoms with Crippen LogP contribution in [0.3, 0.4) is 0 Å². The molecule has 1 aromatic heterocycles. The number of nitrogens with zero attached hydrogens (tertiary/aromatic N) is 1. The van der Waals surface area contributed by atoms with Gasteiger partial charge in [0.1, 0.15) is 5.82 Å². The van der Waals surface area contributed by atoms with Crippen molar-refractivity contribution in [2.45, 2.75) is 19.4 Å². The van der Waals surface area contributed by atoms with E-state index < -0.39 is 0 Å². The van der Waals surface area contributed by atoms with Crippen LogP contribution in [-0.2, 0) is 5.54 Å². The van der Waals surface area contributed by atoms with Crippen LogP contribution in [0.1, 0.15) is 19.4 Å². The molecule has 10 heavy (non-hydrogen) atoms. The molecule has 0 spiro atoms. The van der Waals surface area contributed by atoms with Crippen molar-refractivity contribution in [2.24, 2.45) is 0 Å². The number of pyridine rings is 1. The lowest BCUT2D eigenvalue weighted by Gasteiger charge is -2.38. The molecule has 1 aromatic rings. The van der Waals surface area contributed by atoms with Gasteiger partial charge in [-0.1, -0.05) is 6.07 Å². The zero-order chi connectivity index (χ0) is 7.19. The summed E-state index contributed by atoms with van der Waals surface area (Å²) in [7, 11) is 0. The molecule has 0 aromatic carbocycles. The Morgan fingerprint density at radius 2 is 2.30 bits per heavy atom. The summed E-state index contributed by atoms with van der Waals surface area (Å²) in [6.45, 7) is 4.30. The van der Waals surface area contributed by atoms with Crippen LogP contribution >= 0.6 is 0 Å². The molecular formula is C8H10N2. The van der Waals surface area contributed by atoms with Crippen molar-refractivity contribution in [3.8, 4) is 0 Å². The van der Waals surface area contributed by atoms with Crippen LogP contribution in [0, 0.1) is 0 Å². The fourth-order valence-corrected chi connectivity index (χ4v) is 1.31. The molecule has 2 rings (SSSR count). The van der Waals surface area contributed by atoms with Gasteiger partial charge in [-0.25, -0.2) is 4.98 Å². The Balaban J connectivity index is 2.53. The summed E-state index contributed by atoms with van der Waals surface area (Å²) in [6, 6.07) is 4.08. The zero-order valence-electron chi connectivity index (χ0n) is 6.18. The van der Waals surface area contributed by atoms with E-state index in [0.717, 1.165) is 5.82 Å². The molecule has 0 amide bonds. The van der Waals surface area contributed by atoms with Crippen molar-refractivity contribution in [2.75, 3.05) is 5.32 Å². The molecule has 0 bridgehead atoms. The average Bonchev–Trinajstić information content (AvgIpc) is 1.86. The van der Waals surface area contributed by atoms with E-state index in [1.807, 2.05) is 6.07 Å². The van der Waals surface area contributed by atoms with E-state index in [1.54, 1.807) is 6.20 Å². The molecule has 2 heterocycles. The Kier molecular flexibility index (Phi) is 0.862. The van der Waals surface area contributed by atoms with Crippen molar-refractivity contribution in [3.05, 3.63) is 23.9 Å². The van der Waals surface area contributed by atoms with Gasteiger partial charge in [0.05, 0.1) is 5.54 Å². The highest BCUT2D eigenvalue weighted by Gasteiger charge is 2.33. The Morgan fingerprint density at radius 1 is 1.50 bits per heavy atom. The normalized spacial score (nSPS) is 18.6. The molecule has 0 saturated heterocycles. The summed E-state index contributed by atoms with van der Waals surface area (Å²) in [4.78, 5) is 4.15. The molecule has 1 aliphatic heterocycles. The van der Waals surface area contributed by atoms with Crippen molar-refractivity contribution < 1.29 is 0 Å². The first kappa shape index (κ1) is 5.71.